The van der Waals surface area contributed by atoms with Crippen LogP contribution in [0.1, 0.15) is 51.7 Å². The summed E-state index contributed by atoms with van der Waals surface area (Å²) in [7, 11) is 0. The number of nitrogens with two attached hydrogens (primary N) is 1. The Hall–Kier alpha value is -2.78. The van der Waals surface area contributed by atoms with Crippen molar-refractivity contribution in [3.8, 4) is 0 Å². The molecule has 1 amide bonds. The van der Waals surface area contributed by atoms with E-state index in [9.17, 15) is 22.4 Å². The van der Waals surface area contributed by atoms with Crippen LogP contribution < -0.4 is 11.1 Å². The lowest BCUT2D eigenvalue weighted by Crippen LogP contribution is -2.51. The molecule has 3 rings (SSSR count). The largest absolute Gasteiger partial charge is 0.416 e. The average molecular weight is 480 g/mol. The van der Waals surface area contributed by atoms with E-state index in [1.807, 2.05) is 13.8 Å². The lowest BCUT2D eigenvalue weighted by atomic mass is 9.89. The molecule has 3 N–H and O–H groups in total. The third kappa shape index (κ3) is 5.78. The summed E-state index contributed by atoms with van der Waals surface area (Å²) in [5.41, 5.74) is 5.80. The second kappa shape index (κ2) is 9.61. The standard InChI is InChI=1S/C24H25F4N3OS/c1-14-21(33-15(2)30-14)20(13-6-16-4-7-18(8-5-16)24(26,27)28)31-23(3,22(29)32)17-9-11-19(25)12-10-17/h4-5,7-12,20,31H,6,13H2,1-3H3,(H2,29,32). The Bertz CT molecular complexity index is 1110. The number of aryl methyl sites for hydroxylation is 3. The second-order valence-electron chi connectivity index (χ2n) is 8.11. The zero-order valence-corrected chi connectivity index (χ0v) is 19.3. The van der Waals surface area contributed by atoms with Crippen molar-refractivity contribution in [3.05, 3.63) is 86.6 Å². The van der Waals surface area contributed by atoms with Gasteiger partial charge in [0.05, 0.1) is 16.3 Å². The molecule has 1 aromatic heterocycles. The minimum atomic E-state index is -4.39. The van der Waals surface area contributed by atoms with Crippen molar-refractivity contribution in [3.63, 3.8) is 0 Å². The third-order valence-electron chi connectivity index (χ3n) is 5.64. The van der Waals surface area contributed by atoms with Crippen LogP contribution in [0.4, 0.5) is 17.6 Å². The van der Waals surface area contributed by atoms with Crippen LogP contribution in [0.25, 0.3) is 0 Å². The number of hydrogen-bond acceptors (Lipinski definition) is 4. The van der Waals surface area contributed by atoms with Gasteiger partial charge in [0, 0.05) is 10.9 Å². The minimum absolute atomic E-state index is 0.360. The normalized spacial score (nSPS) is 14.6. The molecule has 0 radical (unpaired) electrons. The van der Waals surface area contributed by atoms with Gasteiger partial charge in [-0.3, -0.25) is 10.1 Å². The minimum Gasteiger partial charge on any atom is -0.368 e. The summed E-state index contributed by atoms with van der Waals surface area (Å²) in [6.45, 7) is 5.38. The van der Waals surface area contributed by atoms with Crippen molar-refractivity contribution in [1.29, 1.82) is 0 Å². The van der Waals surface area contributed by atoms with E-state index in [4.69, 9.17) is 5.73 Å². The number of amides is 1. The topological polar surface area (TPSA) is 68.0 Å². The predicted molar refractivity (Wildman–Crippen MR) is 120 cm³/mol. The van der Waals surface area contributed by atoms with Gasteiger partial charge in [0.1, 0.15) is 11.4 Å². The number of nitrogens with one attached hydrogen (secondary N) is 1. The number of thiazole rings is 1. The Morgan fingerprint density at radius 2 is 1.64 bits per heavy atom. The highest BCUT2D eigenvalue weighted by Gasteiger charge is 2.37. The summed E-state index contributed by atoms with van der Waals surface area (Å²) in [4.78, 5) is 17.9. The number of carbonyl (C=O) groups excluding carboxylic acids is 1. The number of hydrogen-bond donors (Lipinski definition) is 2. The maximum Gasteiger partial charge on any atom is 0.416 e. The molecule has 3 aromatic rings. The van der Waals surface area contributed by atoms with Gasteiger partial charge in [-0.15, -0.1) is 11.3 Å². The van der Waals surface area contributed by atoms with Crippen molar-refractivity contribution in [2.75, 3.05) is 0 Å². The maximum absolute atomic E-state index is 13.5. The van der Waals surface area contributed by atoms with Crippen molar-refractivity contribution >= 4 is 17.2 Å². The molecule has 2 aromatic carbocycles. The van der Waals surface area contributed by atoms with Crippen molar-refractivity contribution in [1.82, 2.24) is 10.3 Å². The van der Waals surface area contributed by atoms with Crippen molar-refractivity contribution < 1.29 is 22.4 Å². The molecule has 4 nitrogen and oxygen atoms in total. The van der Waals surface area contributed by atoms with Gasteiger partial charge >= 0.3 is 6.18 Å². The molecule has 0 aliphatic carbocycles. The molecule has 0 spiro atoms. The van der Waals surface area contributed by atoms with E-state index in [0.29, 0.717) is 18.4 Å². The Balaban J connectivity index is 1.90. The number of alkyl halides is 3. The van der Waals surface area contributed by atoms with E-state index in [2.05, 4.69) is 10.3 Å². The zero-order valence-electron chi connectivity index (χ0n) is 18.5. The Morgan fingerprint density at radius 1 is 1.06 bits per heavy atom. The van der Waals surface area contributed by atoms with Crippen LogP contribution in [-0.4, -0.2) is 10.9 Å². The SMILES string of the molecule is Cc1nc(C)c(C(CCc2ccc(C(F)(F)F)cc2)NC(C)(C(N)=O)c2ccc(F)cc2)s1. The van der Waals surface area contributed by atoms with Gasteiger partial charge in [-0.1, -0.05) is 24.3 Å². The fraction of sp³-hybridized carbons (Fsp3) is 0.333. The number of halogens is 4. The molecular formula is C24H25F4N3OS. The molecule has 0 aliphatic heterocycles. The van der Waals surface area contributed by atoms with Gasteiger partial charge in [0.15, 0.2) is 0 Å². The fourth-order valence-electron chi connectivity index (χ4n) is 3.74. The lowest BCUT2D eigenvalue weighted by Gasteiger charge is -2.33. The second-order valence-corrected chi connectivity index (χ2v) is 9.34. The Kier molecular flexibility index (Phi) is 7.23. The van der Waals surface area contributed by atoms with Gasteiger partial charge in [-0.25, -0.2) is 9.37 Å². The van der Waals surface area contributed by atoms with Crippen LogP contribution in [0.5, 0.6) is 0 Å². The smallest absolute Gasteiger partial charge is 0.368 e. The first-order valence-corrected chi connectivity index (χ1v) is 11.2. The van der Waals surface area contributed by atoms with Crippen LogP contribution in [0.15, 0.2) is 48.5 Å². The van der Waals surface area contributed by atoms with E-state index in [1.165, 1.54) is 47.7 Å². The van der Waals surface area contributed by atoms with E-state index in [0.717, 1.165) is 33.3 Å². The van der Waals surface area contributed by atoms with Gasteiger partial charge in [-0.05, 0) is 69.0 Å². The third-order valence-corrected chi connectivity index (χ3v) is 6.82. The lowest BCUT2D eigenvalue weighted by molar-refractivity contribution is -0.137. The number of nitrogens with zero attached hydrogens (tertiary/aromatic N) is 1. The van der Waals surface area contributed by atoms with Gasteiger partial charge in [0.25, 0.3) is 0 Å². The molecular weight excluding hydrogens is 454 g/mol. The van der Waals surface area contributed by atoms with Crippen LogP contribution in [0.3, 0.4) is 0 Å². The molecule has 33 heavy (non-hydrogen) atoms. The summed E-state index contributed by atoms with van der Waals surface area (Å²) in [5, 5.41) is 4.19. The summed E-state index contributed by atoms with van der Waals surface area (Å²) < 4.78 is 52.1. The monoisotopic (exact) mass is 479 g/mol. The molecule has 0 saturated carbocycles. The molecule has 0 aliphatic rings. The van der Waals surface area contributed by atoms with Gasteiger partial charge in [0.2, 0.25) is 5.91 Å². The first-order valence-electron chi connectivity index (χ1n) is 10.3. The van der Waals surface area contributed by atoms with Crippen LogP contribution in [0, 0.1) is 19.7 Å². The number of aromatic nitrogens is 1. The van der Waals surface area contributed by atoms with Crippen molar-refractivity contribution in [2.45, 2.75) is 51.4 Å². The number of carbonyl (C=O) groups is 1. The van der Waals surface area contributed by atoms with E-state index < -0.39 is 29.0 Å². The van der Waals surface area contributed by atoms with E-state index in [-0.39, 0.29) is 6.04 Å². The van der Waals surface area contributed by atoms with E-state index in [1.54, 1.807) is 6.92 Å². The molecule has 2 unspecified atom stereocenters. The summed E-state index contributed by atoms with van der Waals surface area (Å²) in [5.74, 6) is -1.06. The molecule has 1 heterocycles. The molecule has 9 heteroatoms. The zero-order chi connectivity index (χ0) is 24.4. The average Bonchev–Trinajstić information content (AvgIpc) is 3.08. The van der Waals surface area contributed by atoms with Crippen LogP contribution in [0.2, 0.25) is 0 Å². The Morgan fingerprint density at radius 3 is 2.12 bits per heavy atom. The highest BCUT2D eigenvalue weighted by Crippen LogP contribution is 2.34. The van der Waals surface area contributed by atoms with Crippen LogP contribution in [-0.2, 0) is 22.9 Å². The highest BCUT2D eigenvalue weighted by molar-refractivity contribution is 7.11. The molecule has 0 bridgehead atoms. The summed E-state index contributed by atoms with van der Waals surface area (Å²) >= 11 is 1.48. The first-order chi connectivity index (χ1) is 15.4. The fourth-order valence-corrected chi connectivity index (χ4v) is 4.75. The number of primary amides is 1. The quantitative estimate of drug-likeness (QED) is 0.415. The first kappa shape index (κ1) is 24.9. The van der Waals surface area contributed by atoms with Crippen molar-refractivity contribution in [2.24, 2.45) is 5.73 Å². The predicted octanol–water partition coefficient (Wildman–Crippen LogP) is 5.58. The molecule has 0 fully saturated rings. The van der Waals surface area contributed by atoms with Crippen LogP contribution >= 0.6 is 11.3 Å². The molecule has 176 valence electrons. The van der Waals surface area contributed by atoms with Gasteiger partial charge < -0.3 is 5.73 Å². The van der Waals surface area contributed by atoms with E-state index >= 15 is 0 Å². The Labute approximate surface area is 193 Å². The molecule has 0 saturated heterocycles. The molecule has 2 atom stereocenters. The summed E-state index contributed by atoms with van der Waals surface area (Å²) in [6.07, 6.45) is -3.44. The highest BCUT2D eigenvalue weighted by atomic mass is 32.1. The maximum atomic E-state index is 13.5. The van der Waals surface area contributed by atoms with Gasteiger partial charge in [-0.2, -0.15) is 13.2 Å². The number of rotatable bonds is 8. The number of benzene rings is 2. The summed E-state index contributed by atoms with van der Waals surface area (Å²) in [6, 6.07) is 10.2.